The number of carbonyl (C=O) groups is 2. The lowest BCUT2D eigenvalue weighted by Gasteiger charge is -2.08. The number of ether oxygens (including phenoxy) is 1. The summed E-state index contributed by atoms with van der Waals surface area (Å²) in [6.07, 6.45) is 0.559. The number of nitrogens with zero attached hydrogens (tertiary/aromatic N) is 2. The Morgan fingerprint density at radius 1 is 1.03 bits per heavy atom. The second-order valence-electron chi connectivity index (χ2n) is 7.36. The van der Waals surface area contributed by atoms with Crippen LogP contribution in [0.1, 0.15) is 34.5 Å². The molecule has 31 heavy (non-hydrogen) atoms. The third-order valence-corrected chi connectivity index (χ3v) is 5.06. The van der Waals surface area contributed by atoms with Crippen molar-refractivity contribution in [1.29, 1.82) is 0 Å². The maximum absolute atomic E-state index is 12.9. The largest absolute Gasteiger partial charge is 0.456 e. The Kier molecular flexibility index (Phi) is 7.54. The number of hydrogen-bond acceptors (Lipinski definition) is 4. The first-order chi connectivity index (χ1) is 14.9. The predicted octanol–water partition coefficient (Wildman–Crippen LogP) is 3.48. The zero-order valence-corrected chi connectivity index (χ0v) is 17.7. The van der Waals surface area contributed by atoms with Crippen molar-refractivity contribution in [2.45, 2.75) is 39.8 Å². The van der Waals surface area contributed by atoms with E-state index in [1.165, 1.54) is 12.1 Å². The SMILES string of the molecule is Cc1nn(Cc2ccccc2)c(C)c1CNC(=O)COC(=O)CCc1ccc(F)cc1. The van der Waals surface area contributed by atoms with E-state index in [0.29, 0.717) is 19.5 Å². The van der Waals surface area contributed by atoms with E-state index in [1.807, 2.05) is 48.9 Å². The molecule has 0 aliphatic rings. The van der Waals surface area contributed by atoms with E-state index in [0.717, 1.165) is 28.1 Å². The predicted molar refractivity (Wildman–Crippen MR) is 115 cm³/mol. The van der Waals surface area contributed by atoms with Crippen molar-refractivity contribution >= 4 is 11.9 Å². The van der Waals surface area contributed by atoms with Gasteiger partial charge in [0.15, 0.2) is 6.61 Å². The molecule has 0 radical (unpaired) electrons. The van der Waals surface area contributed by atoms with Gasteiger partial charge in [0.1, 0.15) is 5.82 Å². The zero-order valence-electron chi connectivity index (χ0n) is 17.7. The lowest BCUT2D eigenvalue weighted by molar-refractivity contribution is -0.148. The summed E-state index contributed by atoms with van der Waals surface area (Å²) in [5, 5.41) is 7.35. The average Bonchev–Trinajstić information content (AvgIpc) is 3.03. The number of carbonyl (C=O) groups excluding carboxylic acids is 2. The first kappa shape index (κ1) is 22.2. The molecular weight excluding hydrogens is 397 g/mol. The van der Waals surface area contributed by atoms with Crippen LogP contribution in [0.4, 0.5) is 4.39 Å². The van der Waals surface area contributed by atoms with Crippen molar-refractivity contribution in [1.82, 2.24) is 15.1 Å². The third kappa shape index (κ3) is 6.50. The normalized spacial score (nSPS) is 10.7. The minimum atomic E-state index is -0.470. The molecule has 0 saturated carbocycles. The van der Waals surface area contributed by atoms with Crippen LogP contribution >= 0.6 is 0 Å². The lowest BCUT2D eigenvalue weighted by atomic mass is 10.1. The summed E-state index contributed by atoms with van der Waals surface area (Å²) in [7, 11) is 0. The molecule has 162 valence electrons. The van der Waals surface area contributed by atoms with Gasteiger partial charge in [0.05, 0.1) is 12.2 Å². The third-order valence-electron chi connectivity index (χ3n) is 5.06. The molecule has 3 aromatic rings. The molecule has 0 spiro atoms. The number of rotatable bonds is 9. The molecule has 3 rings (SSSR count). The Bertz CT molecular complexity index is 1030. The summed E-state index contributed by atoms with van der Waals surface area (Å²) in [6.45, 7) is 4.52. The molecule has 2 aromatic carbocycles. The fraction of sp³-hybridized carbons (Fsp3) is 0.292. The number of halogens is 1. The fourth-order valence-corrected chi connectivity index (χ4v) is 3.25. The maximum Gasteiger partial charge on any atom is 0.306 e. The molecule has 1 aromatic heterocycles. The standard InChI is InChI=1S/C24H26FN3O3/c1-17-22(18(2)28(27-17)15-20-6-4-3-5-7-20)14-26-23(29)16-31-24(30)13-10-19-8-11-21(25)12-9-19/h3-9,11-12H,10,13-16H2,1-2H3,(H,26,29). The highest BCUT2D eigenvalue weighted by atomic mass is 19.1. The summed E-state index contributed by atoms with van der Waals surface area (Å²) in [5.41, 5.74) is 4.77. The Hall–Kier alpha value is -3.48. The van der Waals surface area contributed by atoms with E-state index < -0.39 is 5.97 Å². The molecule has 0 atom stereocenters. The summed E-state index contributed by atoms with van der Waals surface area (Å²) in [5.74, 6) is -1.16. The molecule has 0 aliphatic heterocycles. The van der Waals surface area contributed by atoms with Crippen LogP contribution in [0.3, 0.4) is 0 Å². The van der Waals surface area contributed by atoms with E-state index in [1.54, 1.807) is 12.1 Å². The Labute approximate surface area is 181 Å². The Morgan fingerprint density at radius 2 is 1.74 bits per heavy atom. The molecule has 0 saturated heterocycles. The topological polar surface area (TPSA) is 73.2 Å². The van der Waals surface area contributed by atoms with E-state index in [9.17, 15) is 14.0 Å². The van der Waals surface area contributed by atoms with Crippen molar-refractivity contribution < 1.29 is 18.7 Å². The fourth-order valence-electron chi connectivity index (χ4n) is 3.25. The van der Waals surface area contributed by atoms with Crippen LogP contribution in [-0.2, 0) is 33.8 Å². The van der Waals surface area contributed by atoms with Crippen molar-refractivity contribution in [2.24, 2.45) is 0 Å². The minimum Gasteiger partial charge on any atom is -0.456 e. The first-order valence-electron chi connectivity index (χ1n) is 10.2. The Morgan fingerprint density at radius 3 is 2.45 bits per heavy atom. The molecule has 1 heterocycles. The average molecular weight is 423 g/mol. The first-order valence-corrected chi connectivity index (χ1v) is 10.2. The summed E-state index contributed by atoms with van der Waals surface area (Å²) in [6, 6.07) is 16.0. The molecule has 0 aliphatic carbocycles. The number of aromatic nitrogens is 2. The molecule has 0 unspecified atom stereocenters. The van der Waals surface area contributed by atoms with Crippen LogP contribution in [-0.4, -0.2) is 28.3 Å². The molecule has 0 bridgehead atoms. The van der Waals surface area contributed by atoms with Gasteiger partial charge in [0, 0.05) is 24.2 Å². The zero-order chi connectivity index (χ0) is 22.2. The molecule has 6 nitrogen and oxygen atoms in total. The number of esters is 1. The lowest BCUT2D eigenvalue weighted by Crippen LogP contribution is -2.28. The highest BCUT2D eigenvalue weighted by molar-refractivity contribution is 5.80. The highest BCUT2D eigenvalue weighted by Crippen LogP contribution is 2.14. The molecular formula is C24H26FN3O3. The molecule has 7 heteroatoms. The van der Waals surface area contributed by atoms with Gasteiger partial charge in [-0.15, -0.1) is 0 Å². The summed E-state index contributed by atoms with van der Waals surface area (Å²) >= 11 is 0. The number of aryl methyl sites for hydroxylation is 2. The summed E-state index contributed by atoms with van der Waals surface area (Å²) in [4.78, 5) is 24.0. The van der Waals surface area contributed by atoms with Gasteiger partial charge in [-0.3, -0.25) is 14.3 Å². The van der Waals surface area contributed by atoms with Crippen LogP contribution in [0.15, 0.2) is 54.6 Å². The van der Waals surface area contributed by atoms with Crippen molar-refractivity contribution in [3.63, 3.8) is 0 Å². The van der Waals surface area contributed by atoms with Gasteiger partial charge in [-0.1, -0.05) is 42.5 Å². The van der Waals surface area contributed by atoms with Gasteiger partial charge in [-0.2, -0.15) is 5.10 Å². The molecule has 0 fully saturated rings. The van der Waals surface area contributed by atoms with Crippen molar-refractivity contribution in [2.75, 3.05) is 6.61 Å². The van der Waals surface area contributed by atoms with Gasteiger partial charge < -0.3 is 10.1 Å². The number of benzene rings is 2. The minimum absolute atomic E-state index is 0.128. The van der Waals surface area contributed by atoms with Crippen molar-refractivity contribution in [3.05, 3.63) is 88.5 Å². The van der Waals surface area contributed by atoms with Crippen LogP contribution in [0.25, 0.3) is 0 Å². The van der Waals surface area contributed by atoms with Gasteiger partial charge in [-0.25, -0.2) is 4.39 Å². The second kappa shape index (κ2) is 10.5. The monoisotopic (exact) mass is 423 g/mol. The van der Waals surface area contributed by atoms with Gasteiger partial charge in [-0.05, 0) is 43.5 Å². The number of amides is 1. The van der Waals surface area contributed by atoms with E-state index >= 15 is 0 Å². The van der Waals surface area contributed by atoms with Gasteiger partial charge >= 0.3 is 5.97 Å². The molecule has 1 amide bonds. The number of hydrogen-bond donors (Lipinski definition) is 1. The van der Waals surface area contributed by atoms with E-state index in [2.05, 4.69) is 10.4 Å². The van der Waals surface area contributed by atoms with Crippen LogP contribution in [0.2, 0.25) is 0 Å². The number of nitrogens with one attached hydrogen (secondary N) is 1. The van der Waals surface area contributed by atoms with Gasteiger partial charge in [0.2, 0.25) is 0 Å². The van der Waals surface area contributed by atoms with Crippen LogP contribution < -0.4 is 5.32 Å². The van der Waals surface area contributed by atoms with Crippen molar-refractivity contribution in [3.8, 4) is 0 Å². The second-order valence-corrected chi connectivity index (χ2v) is 7.36. The van der Waals surface area contributed by atoms with Crippen LogP contribution in [0.5, 0.6) is 0 Å². The summed E-state index contributed by atoms with van der Waals surface area (Å²) < 4.78 is 19.9. The Balaban J connectivity index is 1.44. The van der Waals surface area contributed by atoms with E-state index in [4.69, 9.17) is 4.74 Å². The smallest absolute Gasteiger partial charge is 0.306 e. The quantitative estimate of drug-likeness (QED) is 0.535. The highest BCUT2D eigenvalue weighted by Gasteiger charge is 2.14. The maximum atomic E-state index is 12.9. The van der Waals surface area contributed by atoms with E-state index in [-0.39, 0.29) is 24.8 Å². The van der Waals surface area contributed by atoms with Crippen LogP contribution in [0, 0.1) is 19.7 Å². The van der Waals surface area contributed by atoms with Gasteiger partial charge in [0.25, 0.3) is 5.91 Å². The molecule has 1 N–H and O–H groups in total.